The highest BCUT2D eigenvalue weighted by atomic mass is 35.5. The molecule has 0 bridgehead atoms. The van der Waals surface area contributed by atoms with Gasteiger partial charge in [0, 0.05) is 17.3 Å². The van der Waals surface area contributed by atoms with Gasteiger partial charge in [-0.15, -0.1) is 0 Å². The zero-order valence-corrected chi connectivity index (χ0v) is 13.0. The van der Waals surface area contributed by atoms with Crippen LogP contribution in [0.15, 0.2) is 47.1 Å². The van der Waals surface area contributed by atoms with Crippen LogP contribution in [0.2, 0.25) is 5.02 Å². The predicted octanol–water partition coefficient (Wildman–Crippen LogP) is 2.54. The van der Waals surface area contributed by atoms with E-state index < -0.39 is 12.1 Å². The maximum absolute atomic E-state index is 12.4. The number of hydrogen-bond donors (Lipinski definition) is 2. The van der Waals surface area contributed by atoms with Crippen molar-refractivity contribution in [3.63, 3.8) is 0 Å². The van der Waals surface area contributed by atoms with Gasteiger partial charge in [-0.05, 0) is 36.8 Å². The summed E-state index contributed by atoms with van der Waals surface area (Å²) in [7, 11) is 0. The minimum atomic E-state index is -0.536. The zero-order valence-electron chi connectivity index (χ0n) is 12.3. The van der Waals surface area contributed by atoms with Crippen LogP contribution in [-0.4, -0.2) is 24.5 Å². The van der Waals surface area contributed by atoms with Gasteiger partial charge in [-0.2, -0.15) is 0 Å². The minimum Gasteiger partial charge on any atom is -0.467 e. The molecule has 1 aliphatic heterocycles. The number of benzene rings is 1. The number of hydrogen-bond acceptors (Lipinski definition) is 3. The second-order valence-corrected chi connectivity index (χ2v) is 5.65. The van der Waals surface area contributed by atoms with Crippen molar-refractivity contribution in [2.75, 3.05) is 11.4 Å². The lowest BCUT2D eigenvalue weighted by Crippen LogP contribution is -2.45. The Balaban J connectivity index is 1.55. The molecule has 1 aromatic carbocycles. The van der Waals surface area contributed by atoms with Gasteiger partial charge >= 0.3 is 6.03 Å². The molecule has 23 heavy (non-hydrogen) atoms. The van der Waals surface area contributed by atoms with Crippen LogP contribution in [0.3, 0.4) is 0 Å². The van der Waals surface area contributed by atoms with Crippen LogP contribution in [0, 0.1) is 0 Å². The highest BCUT2D eigenvalue weighted by Gasteiger charge is 2.33. The van der Waals surface area contributed by atoms with Gasteiger partial charge in [0.15, 0.2) is 0 Å². The van der Waals surface area contributed by atoms with E-state index in [4.69, 9.17) is 16.0 Å². The van der Waals surface area contributed by atoms with Crippen molar-refractivity contribution in [1.82, 2.24) is 10.6 Å². The Morgan fingerprint density at radius 1 is 1.35 bits per heavy atom. The lowest BCUT2D eigenvalue weighted by Gasteiger charge is -2.17. The predicted molar refractivity (Wildman–Crippen MR) is 86.3 cm³/mol. The van der Waals surface area contributed by atoms with Gasteiger partial charge in [0.25, 0.3) is 0 Å². The van der Waals surface area contributed by atoms with Gasteiger partial charge in [0.1, 0.15) is 11.8 Å². The number of nitrogens with zero attached hydrogens (tertiary/aromatic N) is 1. The maximum atomic E-state index is 12.4. The molecule has 2 aromatic rings. The summed E-state index contributed by atoms with van der Waals surface area (Å²) in [6, 6.07) is 9.69. The molecule has 1 atom stereocenters. The fraction of sp³-hybridized carbons (Fsp3) is 0.250. The monoisotopic (exact) mass is 333 g/mol. The van der Waals surface area contributed by atoms with E-state index in [1.54, 1.807) is 35.2 Å². The molecule has 3 amide bonds. The summed E-state index contributed by atoms with van der Waals surface area (Å²) < 4.78 is 5.13. The van der Waals surface area contributed by atoms with E-state index >= 15 is 0 Å². The van der Waals surface area contributed by atoms with E-state index in [1.807, 2.05) is 6.07 Å². The molecule has 1 aliphatic rings. The number of carbonyl (C=O) groups excluding carboxylic acids is 2. The molecule has 0 spiro atoms. The molecule has 2 heterocycles. The number of urea groups is 1. The summed E-state index contributed by atoms with van der Waals surface area (Å²) in [5.74, 6) is 0.513. The molecular weight excluding hydrogens is 318 g/mol. The number of amides is 3. The third kappa shape index (κ3) is 3.65. The second kappa shape index (κ2) is 6.75. The molecule has 2 N–H and O–H groups in total. The van der Waals surface area contributed by atoms with Crippen LogP contribution in [0.25, 0.3) is 0 Å². The Bertz CT molecular complexity index is 702. The van der Waals surface area contributed by atoms with E-state index in [2.05, 4.69) is 10.6 Å². The van der Waals surface area contributed by atoms with Crippen molar-refractivity contribution >= 4 is 29.2 Å². The lowest BCUT2D eigenvalue weighted by atomic mass is 10.2. The van der Waals surface area contributed by atoms with E-state index in [0.29, 0.717) is 23.7 Å². The summed E-state index contributed by atoms with van der Waals surface area (Å²) in [5, 5.41) is 5.92. The quantitative estimate of drug-likeness (QED) is 0.903. The number of anilines is 1. The van der Waals surface area contributed by atoms with Gasteiger partial charge in [-0.3, -0.25) is 4.79 Å². The second-order valence-electron chi connectivity index (χ2n) is 5.22. The van der Waals surface area contributed by atoms with Gasteiger partial charge in [-0.1, -0.05) is 17.7 Å². The average molecular weight is 334 g/mol. The first kappa shape index (κ1) is 15.4. The number of halogens is 1. The van der Waals surface area contributed by atoms with Crippen molar-refractivity contribution in [3.05, 3.63) is 53.4 Å². The van der Waals surface area contributed by atoms with Crippen LogP contribution in [0.4, 0.5) is 10.5 Å². The molecule has 1 unspecified atom stereocenters. The summed E-state index contributed by atoms with van der Waals surface area (Å²) in [6.07, 6.45) is 2.10. The largest absolute Gasteiger partial charge is 0.467 e. The molecule has 7 heteroatoms. The van der Waals surface area contributed by atoms with Crippen molar-refractivity contribution in [2.24, 2.45) is 0 Å². The Kier molecular flexibility index (Phi) is 4.52. The molecule has 120 valence electrons. The van der Waals surface area contributed by atoms with Crippen LogP contribution >= 0.6 is 11.6 Å². The highest BCUT2D eigenvalue weighted by molar-refractivity contribution is 6.31. The van der Waals surface area contributed by atoms with Crippen LogP contribution < -0.4 is 15.5 Å². The first-order valence-electron chi connectivity index (χ1n) is 7.27. The lowest BCUT2D eigenvalue weighted by molar-refractivity contribution is -0.118. The Hall–Kier alpha value is -2.47. The Morgan fingerprint density at radius 2 is 2.22 bits per heavy atom. The molecule has 1 saturated heterocycles. The molecule has 1 aromatic heterocycles. The molecule has 0 aliphatic carbocycles. The van der Waals surface area contributed by atoms with E-state index in [1.165, 1.54) is 6.26 Å². The summed E-state index contributed by atoms with van der Waals surface area (Å²) in [4.78, 5) is 25.9. The van der Waals surface area contributed by atoms with Crippen molar-refractivity contribution in [2.45, 2.75) is 19.0 Å². The van der Waals surface area contributed by atoms with Crippen LogP contribution in [0.5, 0.6) is 0 Å². The Labute approximate surface area is 138 Å². The number of carbonyl (C=O) groups is 2. The fourth-order valence-electron chi connectivity index (χ4n) is 2.50. The molecule has 0 saturated carbocycles. The van der Waals surface area contributed by atoms with E-state index in [-0.39, 0.29) is 12.5 Å². The van der Waals surface area contributed by atoms with E-state index in [9.17, 15) is 9.59 Å². The number of rotatable bonds is 4. The Morgan fingerprint density at radius 3 is 2.96 bits per heavy atom. The first-order chi connectivity index (χ1) is 11.1. The van der Waals surface area contributed by atoms with Crippen molar-refractivity contribution in [1.29, 1.82) is 0 Å². The van der Waals surface area contributed by atoms with Gasteiger partial charge in [0.2, 0.25) is 5.91 Å². The minimum absolute atomic E-state index is 0.139. The topological polar surface area (TPSA) is 74.6 Å². The van der Waals surface area contributed by atoms with Crippen molar-refractivity contribution < 1.29 is 14.0 Å². The standard InChI is InChI=1S/C16H16ClN3O3/c17-11-3-1-4-12(9-11)20-7-6-14(15(20)21)19-16(22)18-10-13-5-2-8-23-13/h1-5,8-9,14H,6-7,10H2,(H2,18,19,22). The summed E-state index contributed by atoms with van der Waals surface area (Å²) in [6.45, 7) is 0.820. The molecule has 1 fully saturated rings. The van der Waals surface area contributed by atoms with Gasteiger partial charge < -0.3 is 20.0 Å². The number of nitrogens with one attached hydrogen (secondary N) is 2. The highest BCUT2D eigenvalue weighted by Crippen LogP contribution is 2.24. The molecule has 3 rings (SSSR count). The SMILES string of the molecule is O=C(NCc1ccco1)NC1CCN(c2cccc(Cl)c2)C1=O. The average Bonchev–Trinajstić information content (AvgIpc) is 3.16. The van der Waals surface area contributed by atoms with Crippen LogP contribution in [0.1, 0.15) is 12.2 Å². The normalized spacial score (nSPS) is 17.3. The maximum Gasteiger partial charge on any atom is 0.315 e. The van der Waals surface area contributed by atoms with Gasteiger partial charge in [-0.25, -0.2) is 4.79 Å². The molecule has 0 radical (unpaired) electrons. The number of furan rings is 1. The third-order valence-electron chi connectivity index (χ3n) is 3.63. The van der Waals surface area contributed by atoms with E-state index in [0.717, 1.165) is 5.69 Å². The molecular formula is C16H16ClN3O3. The first-order valence-corrected chi connectivity index (χ1v) is 7.65. The zero-order chi connectivity index (χ0) is 16.2. The fourth-order valence-corrected chi connectivity index (χ4v) is 2.69. The van der Waals surface area contributed by atoms with Crippen molar-refractivity contribution in [3.8, 4) is 0 Å². The molecule has 6 nitrogen and oxygen atoms in total. The van der Waals surface area contributed by atoms with Crippen LogP contribution in [-0.2, 0) is 11.3 Å². The smallest absolute Gasteiger partial charge is 0.315 e. The third-order valence-corrected chi connectivity index (χ3v) is 3.87. The summed E-state index contributed by atoms with van der Waals surface area (Å²) >= 11 is 5.96. The summed E-state index contributed by atoms with van der Waals surface area (Å²) in [5.41, 5.74) is 0.739. The van der Waals surface area contributed by atoms with Gasteiger partial charge in [0.05, 0.1) is 12.8 Å².